The van der Waals surface area contributed by atoms with Gasteiger partial charge in [0.2, 0.25) is 0 Å². The Balaban J connectivity index is 2.41. The summed E-state index contributed by atoms with van der Waals surface area (Å²) in [7, 11) is 1.97. The third-order valence-corrected chi connectivity index (χ3v) is 3.53. The smallest absolute Gasteiger partial charge is 0.0428 e. The number of anilines is 1. The molecule has 0 fully saturated rings. The summed E-state index contributed by atoms with van der Waals surface area (Å²) in [6, 6.07) is 17.1. The molecule has 0 aliphatic carbocycles. The summed E-state index contributed by atoms with van der Waals surface area (Å²) in [5.41, 5.74) is 3.70. The standard InChI is InChI=1S/C15H17NS/c1-3-17-13-9-10-14(15(11-13)16-2)12-7-5-4-6-8-12/h4-11,16H,3H2,1-2H3. The second-order valence-corrected chi connectivity index (χ2v) is 5.09. The van der Waals surface area contributed by atoms with Crippen molar-refractivity contribution in [2.24, 2.45) is 0 Å². The Morgan fingerprint density at radius 2 is 1.82 bits per heavy atom. The molecule has 0 unspecified atom stereocenters. The van der Waals surface area contributed by atoms with E-state index in [0.717, 1.165) is 5.75 Å². The summed E-state index contributed by atoms with van der Waals surface area (Å²) in [6.45, 7) is 2.18. The molecule has 0 aliphatic heterocycles. The van der Waals surface area contributed by atoms with E-state index >= 15 is 0 Å². The van der Waals surface area contributed by atoms with Gasteiger partial charge in [-0.05, 0) is 23.4 Å². The molecule has 1 N–H and O–H groups in total. The lowest BCUT2D eigenvalue weighted by Gasteiger charge is -2.11. The van der Waals surface area contributed by atoms with E-state index in [1.165, 1.54) is 21.7 Å². The lowest BCUT2D eigenvalue weighted by atomic mass is 10.0. The van der Waals surface area contributed by atoms with Crippen molar-refractivity contribution in [3.8, 4) is 11.1 Å². The monoisotopic (exact) mass is 243 g/mol. The van der Waals surface area contributed by atoms with Gasteiger partial charge in [-0.1, -0.05) is 43.3 Å². The minimum absolute atomic E-state index is 1.10. The normalized spacial score (nSPS) is 10.2. The van der Waals surface area contributed by atoms with Crippen molar-refractivity contribution in [1.82, 2.24) is 0 Å². The van der Waals surface area contributed by atoms with E-state index in [4.69, 9.17) is 0 Å². The summed E-state index contributed by atoms with van der Waals surface area (Å²) in [6.07, 6.45) is 0. The van der Waals surface area contributed by atoms with E-state index in [0.29, 0.717) is 0 Å². The molecule has 0 saturated carbocycles. The van der Waals surface area contributed by atoms with Crippen molar-refractivity contribution >= 4 is 17.4 Å². The summed E-state index contributed by atoms with van der Waals surface area (Å²) in [5.74, 6) is 1.10. The van der Waals surface area contributed by atoms with E-state index in [-0.39, 0.29) is 0 Å². The number of rotatable bonds is 4. The lowest BCUT2D eigenvalue weighted by Crippen LogP contribution is -1.92. The van der Waals surface area contributed by atoms with Crippen molar-refractivity contribution in [3.05, 3.63) is 48.5 Å². The van der Waals surface area contributed by atoms with Crippen LogP contribution in [0.2, 0.25) is 0 Å². The number of benzene rings is 2. The van der Waals surface area contributed by atoms with Gasteiger partial charge in [-0.3, -0.25) is 0 Å². The molecule has 2 rings (SSSR count). The van der Waals surface area contributed by atoms with Crippen LogP contribution < -0.4 is 5.32 Å². The molecule has 0 amide bonds. The fourth-order valence-corrected chi connectivity index (χ4v) is 2.55. The summed E-state index contributed by atoms with van der Waals surface area (Å²) in [5, 5.41) is 3.28. The maximum Gasteiger partial charge on any atom is 0.0428 e. The Morgan fingerprint density at radius 1 is 1.06 bits per heavy atom. The first-order valence-electron chi connectivity index (χ1n) is 5.85. The molecule has 0 bridgehead atoms. The van der Waals surface area contributed by atoms with Crippen molar-refractivity contribution in [1.29, 1.82) is 0 Å². The van der Waals surface area contributed by atoms with Crippen molar-refractivity contribution in [2.45, 2.75) is 11.8 Å². The maximum atomic E-state index is 3.28. The molecule has 0 saturated heterocycles. The fraction of sp³-hybridized carbons (Fsp3) is 0.200. The Morgan fingerprint density at radius 3 is 2.47 bits per heavy atom. The third kappa shape index (κ3) is 2.83. The summed E-state index contributed by atoms with van der Waals surface area (Å²) < 4.78 is 0. The van der Waals surface area contributed by atoms with Gasteiger partial charge in [-0.25, -0.2) is 0 Å². The van der Waals surface area contributed by atoms with E-state index < -0.39 is 0 Å². The SMILES string of the molecule is CCSc1ccc(-c2ccccc2)c(NC)c1. The molecule has 1 nitrogen and oxygen atoms in total. The van der Waals surface area contributed by atoms with Gasteiger partial charge in [0, 0.05) is 23.2 Å². The van der Waals surface area contributed by atoms with Gasteiger partial charge in [0.25, 0.3) is 0 Å². The van der Waals surface area contributed by atoms with Crippen LogP contribution in [0, 0.1) is 0 Å². The number of hydrogen-bond acceptors (Lipinski definition) is 2. The Hall–Kier alpha value is -1.41. The Bertz CT molecular complexity index is 480. The van der Waals surface area contributed by atoms with Gasteiger partial charge >= 0.3 is 0 Å². The van der Waals surface area contributed by atoms with E-state index in [9.17, 15) is 0 Å². The molecular formula is C15H17NS. The highest BCUT2D eigenvalue weighted by Crippen LogP contribution is 2.31. The van der Waals surface area contributed by atoms with Crippen molar-refractivity contribution < 1.29 is 0 Å². The van der Waals surface area contributed by atoms with Crippen LogP contribution in [0.5, 0.6) is 0 Å². The van der Waals surface area contributed by atoms with Crippen LogP contribution in [0.25, 0.3) is 11.1 Å². The maximum absolute atomic E-state index is 3.28. The van der Waals surface area contributed by atoms with Gasteiger partial charge in [0.15, 0.2) is 0 Å². The van der Waals surface area contributed by atoms with Gasteiger partial charge in [-0.2, -0.15) is 0 Å². The third-order valence-electron chi connectivity index (χ3n) is 2.66. The first-order valence-corrected chi connectivity index (χ1v) is 6.83. The van der Waals surface area contributed by atoms with Crippen LogP contribution in [0.1, 0.15) is 6.92 Å². The highest BCUT2D eigenvalue weighted by atomic mass is 32.2. The van der Waals surface area contributed by atoms with E-state index in [1.54, 1.807) is 0 Å². The first-order chi connectivity index (χ1) is 8.35. The van der Waals surface area contributed by atoms with Crippen molar-refractivity contribution in [3.63, 3.8) is 0 Å². The number of thioether (sulfide) groups is 1. The average molecular weight is 243 g/mol. The zero-order valence-electron chi connectivity index (χ0n) is 10.2. The van der Waals surface area contributed by atoms with E-state index in [1.807, 2.05) is 24.9 Å². The van der Waals surface area contributed by atoms with Crippen LogP contribution in [0.15, 0.2) is 53.4 Å². The van der Waals surface area contributed by atoms with Crippen LogP contribution in [0.4, 0.5) is 5.69 Å². The van der Waals surface area contributed by atoms with E-state index in [2.05, 4.69) is 54.7 Å². The average Bonchev–Trinajstić information content (AvgIpc) is 2.40. The van der Waals surface area contributed by atoms with Crippen LogP contribution in [0.3, 0.4) is 0 Å². The fourth-order valence-electron chi connectivity index (χ4n) is 1.86. The zero-order valence-corrected chi connectivity index (χ0v) is 11.1. The quantitative estimate of drug-likeness (QED) is 0.793. The highest BCUT2D eigenvalue weighted by molar-refractivity contribution is 7.99. The second kappa shape index (κ2) is 5.78. The van der Waals surface area contributed by atoms with Gasteiger partial charge in [0.05, 0.1) is 0 Å². The molecule has 0 aliphatic rings. The number of hydrogen-bond donors (Lipinski definition) is 1. The molecular weight excluding hydrogens is 226 g/mol. The minimum atomic E-state index is 1.10. The minimum Gasteiger partial charge on any atom is -0.388 e. The van der Waals surface area contributed by atoms with Gasteiger partial charge in [-0.15, -0.1) is 11.8 Å². The molecule has 17 heavy (non-hydrogen) atoms. The molecule has 0 aromatic heterocycles. The van der Waals surface area contributed by atoms with Crippen LogP contribution in [-0.4, -0.2) is 12.8 Å². The predicted molar refractivity (Wildman–Crippen MR) is 77.8 cm³/mol. The molecule has 2 aromatic carbocycles. The largest absolute Gasteiger partial charge is 0.388 e. The zero-order chi connectivity index (χ0) is 12.1. The lowest BCUT2D eigenvalue weighted by molar-refractivity contribution is 1.39. The first kappa shape index (κ1) is 12.1. The summed E-state index contributed by atoms with van der Waals surface area (Å²) >= 11 is 1.87. The van der Waals surface area contributed by atoms with Crippen LogP contribution >= 0.6 is 11.8 Å². The van der Waals surface area contributed by atoms with Crippen molar-refractivity contribution in [2.75, 3.05) is 18.1 Å². The summed E-state index contributed by atoms with van der Waals surface area (Å²) in [4.78, 5) is 1.32. The number of nitrogens with one attached hydrogen (secondary N) is 1. The molecule has 2 aromatic rings. The topological polar surface area (TPSA) is 12.0 Å². The van der Waals surface area contributed by atoms with Gasteiger partial charge < -0.3 is 5.32 Å². The second-order valence-electron chi connectivity index (χ2n) is 3.76. The predicted octanol–water partition coefficient (Wildman–Crippen LogP) is 4.51. The van der Waals surface area contributed by atoms with Crippen LogP contribution in [-0.2, 0) is 0 Å². The van der Waals surface area contributed by atoms with Gasteiger partial charge in [0.1, 0.15) is 0 Å². The molecule has 0 spiro atoms. The highest BCUT2D eigenvalue weighted by Gasteiger charge is 2.04. The Kier molecular flexibility index (Phi) is 4.10. The molecule has 88 valence electrons. The Labute approximate surface area is 107 Å². The molecule has 2 heteroatoms. The molecule has 0 radical (unpaired) electrons. The molecule has 0 atom stereocenters. The molecule has 0 heterocycles.